The molecule has 0 fully saturated rings. The van der Waals surface area contributed by atoms with Crippen molar-refractivity contribution in [2.45, 2.75) is 19.4 Å². The van der Waals surface area contributed by atoms with E-state index < -0.39 is 17.6 Å². The van der Waals surface area contributed by atoms with Crippen LogP contribution in [-0.2, 0) is 16.1 Å². The molecule has 0 saturated carbocycles. The maximum Gasteiger partial charge on any atom is 0.381 e. The summed E-state index contributed by atoms with van der Waals surface area (Å²) >= 11 is 0. The van der Waals surface area contributed by atoms with Gasteiger partial charge in [-0.1, -0.05) is 30.3 Å². The third-order valence-electron chi connectivity index (χ3n) is 2.02. The summed E-state index contributed by atoms with van der Waals surface area (Å²) in [7, 11) is 0. The molecule has 1 aromatic carbocycles. The first-order valence-corrected chi connectivity index (χ1v) is 4.65. The molecule has 0 heterocycles. The van der Waals surface area contributed by atoms with Crippen LogP contribution in [0.5, 0.6) is 0 Å². The van der Waals surface area contributed by atoms with Gasteiger partial charge in [0, 0.05) is 13.5 Å². The Morgan fingerprint density at radius 3 is 2.31 bits per heavy atom. The molecule has 86 valence electrons. The molecule has 0 atom stereocenters. The van der Waals surface area contributed by atoms with Crippen LogP contribution < -0.4 is 5.32 Å². The van der Waals surface area contributed by atoms with Gasteiger partial charge in [-0.2, -0.15) is 8.78 Å². The Morgan fingerprint density at radius 2 is 1.81 bits per heavy atom. The van der Waals surface area contributed by atoms with Gasteiger partial charge < -0.3 is 5.32 Å². The van der Waals surface area contributed by atoms with Crippen molar-refractivity contribution < 1.29 is 18.4 Å². The van der Waals surface area contributed by atoms with E-state index in [9.17, 15) is 18.4 Å². The number of halogens is 2. The molecule has 5 heteroatoms. The van der Waals surface area contributed by atoms with Gasteiger partial charge >= 0.3 is 5.92 Å². The minimum absolute atomic E-state index is 0.0253. The number of alkyl halides is 2. The third-order valence-corrected chi connectivity index (χ3v) is 2.02. The van der Waals surface area contributed by atoms with E-state index >= 15 is 0 Å². The highest BCUT2D eigenvalue weighted by atomic mass is 19.3. The first-order valence-electron chi connectivity index (χ1n) is 4.65. The third kappa shape index (κ3) is 2.85. The lowest BCUT2D eigenvalue weighted by atomic mass is 10.2. The van der Waals surface area contributed by atoms with Crippen molar-refractivity contribution in [3.05, 3.63) is 35.9 Å². The maximum atomic E-state index is 12.9. The van der Waals surface area contributed by atoms with Gasteiger partial charge in [-0.15, -0.1) is 0 Å². The van der Waals surface area contributed by atoms with E-state index in [1.807, 2.05) is 5.32 Å². The highest BCUT2D eigenvalue weighted by molar-refractivity contribution is 6.06. The lowest BCUT2D eigenvalue weighted by Crippen LogP contribution is -2.44. The largest absolute Gasteiger partial charge is 0.381 e. The Morgan fingerprint density at radius 1 is 1.25 bits per heavy atom. The molecular formula is C11H11F2NO2. The molecule has 0 aliphatic carbocycles. The molecule has 0 aliphatic rings. The van der Waals surface area contributed by atoms with Gasteiger partial charge in [0.2, 0.25) is 5.78 Å². The summed E-state index contributed by atoms with van der Waals surface area (Å²) in [5, 5.41) is 2.01. The average Bonchev–Trinajstić information content (AvgIpc) is 2.27. The number of benzene rings is 1. The molecule has 0 radical (unpaired) electrons. The van der Waals surface area contributed by atoms with Crippen molar-refractivity contribution in [1.29, 1.82) is 0 Å². The van der Waals surface area contributed by atoms with E-state index in [-0.39, 0.29) is 6.54 Å². The number of carbonyl (C=O) groups is 2. The Bertz CT molecular complexity index is 390. The number of Topliss-reactive ketones (excluding diaryl/α,β-unsaturated/α-hetero) is 1. The van der Waals surface area contributed by atoms with Crippen molar-refractivity contribution in [3.63, 3.8) is 0 Å². The van der Waals surface area contributed by atoms with Gasteiger partial charge in [-0.3, -0.25) is 9.59 Å². The second-order valence-electron chi connectivity index (χ2n) is 3.30. The van der Waals surface area contributed by atoms with Crippen molar-refractivity contribution >= 4 is 11.7 Å². The number of hydrogen-bond acceptors (Lipinski definition) is 2. The van der Waals surface area contributed by atoms with Crippen LogP contribution in [0.2, 0.25) is 0 Å². The van der Waals surface area contributed by atoms with Gasteiger partial charge in [0.05, 0.1) is 0 Å². The predicted molar refractivity (Wildman–Crippen MR) is 53.9 cm³/mol. The fourth-order valence-corrected chi connectivity index (χ4v) is 1.05. The minimum Gasteiger partial charge on any atom is -0.346 e. The lowest BCUT2D eigenvalue weighted by Gasteiger charge is -2.12. The van der Waals surface area contributed by atoms with Crippen LogP contribution in [0.4, 0.5) is 8.78 Å². The Hall–Kier alpha value is -1.78. The molecule has 1 aromatic rings. The molecule has 0 aromatic heterocycles. The Kier molecular flexibility index (Phi) is 3.71. The molecule has 0 unspecified atom stereocenters. The molecule has 1 rings (SSSR count). The van der Waals surface area contributed by atoms with Crippen LogP contribution in [0.3, 0.4) is 0 Å². The summed E-state index contributed by atoms with van der Waals surface area (Å²) < 4.78 is 25.8. The molecule has 0 saturated heterocycles. The Balaban J connectivity index is 2.57. The van der Waals surface area contributed by atoms with Crippen LogP contribution in [0, 0.1) is 0 Å². The molecule has 0 bridgehead atoms. The quantitative estimate of drug-likeness (QED) is 0.793. The summed E-state index contributed by atoms with van der Waals surface area (Å²) in [5.41, 5.74) is 0.690. The first-order chi connectivity index (χ1) is 7.44. The second-order valence-corrected chi connectivity index (χ2v) is 3.30. The first kappa shape index (κ1) is 12.3. The predicted octanol–water partition coefficient (Wildman–Crippen LogP) is 1.53. The van der Waals surface area contributed by atoms with Crippen molar-refractivity contribution in [2.75, 3.05) is 0 Å². The zero-order valence-electron chi connectivity index (χ0n) is 8.67. The molecule has 3 nitrogen and oxygen atoms in total. The van der Waals surface area contributed by atoms with Gasteiger partial charge in [-0.05, 0) is 5.56 Å². The molecule has 1 N–H and O–H groups in total. The summed E-state index contributed by atoms with van der Waals surface area (Å²) in [6.07, 6.45) is 0. The topological polar surface area (TPSA) is 46.2 Å². The Labute approximate surface area is 91.5 Å². The van der Waals surface area contributed by atoms with Crippen molar-refractivity contribution in [2.24, 2.45) is 0 Å². The van der Waals surface area contributed by atoms with Gasteiger partial charge in [-0.25, -0.2) is 0 Å². The SMILES string of the molecule is CC(=O)C(F)(F)C(=O)NCc1ccccc1. The number of carbonyl (C=O) groups excluding carboxylic acids is 2. The number of amides is 1. The van der Waals surface area contributed by atoms with Crippen molar-refractivity contribution in [3.8, 4) is 0 Å². The fraction of sp³-hybridized carbons (Fsp3) is 0.273. The zero-order chi connectivity index (χ0) is 12.2. The van der Waals surface area contributed by atoms with E-state index in [2.05, 4.69) is 0 Å². The lowest BCUT2D eigenvalue weighted by molar-refractivity contribution is -0.157. The van der Waals surface area contributed by atoms with E-state index in [0.29, 0.717) is 12.5 Å². The van der Waals surface area contributed by atoms with Crippen molar-refractivity contribution in [1.82, 2.24) is 5.32 Å². The molecule has 0 aliphatic heterocycles. The van der Waals surface area contributed by atoms with E-state index in [0.717, 1.165) is 0 Å². The smallest absolute Gasteiger partial charge is 0.346 e. The van der Waals surface area contributed by atoms with E-state index in [1.165, 1.54) is 0 Å². The summed E-state index contributed by atoms with van der Waals surface area (Å²) in [6.45, 7) is 0.657. The number of ketones is 1. The van der Waals surface area contributed by atoms with E-state index in [1.54, 1.807) is 30.3 Å². The standard InChI is InChI=1S/C11H11F2NO2/c1-8(15)11(12,13)10(16)14-7-9-5-3-2-4-6-9/h2-6H,7H2,1H3,(H,14,16). The van der Waals surface area contributed by atoms with Crippen LogP contribution in [0.25, 0.3) is 0 Å². The second kappa shape index (κ2) is 4.83. The maximum absolute atomic E-state index is 12.9. The zero-order valence-corrected chi connectivity index (χ0v) is 8.67. The highest BCUT2D eigenvalue weighted by Crippen LogP contribution is 2.14. The molecule has 0 spiro atoms. The van der Waals surface area contributed by atoms with Gasteiger partial charge in [0.25, 0.3) is 5.91 Å². The molecular weight excluding hydrogens is 216 g/mol. The normalized spacial score (nSPS) is 10.9. The summed E-state index contributed by atoms with van der Waals surface area (Å²) in [5.74, 6) is -6.98. The summed E-state index contributed by atoms with van der Waals surface area (Å²) in [6, 6.07) is 8.60. The fourth-order valence-electron chi connectivity index (χ4n) is 1.05. The summed E-state index contributed by atoms with van der Waals surface area (Å²) in [4.78, 5) is 21.5. The van der Waals surface area contributed by atoms with Gasteiger partial charge in [0.15, 0.2) is 0 Å². The monoisotopic (exact) mass is 227 g/mol. The number of nitrogens with one attached hydrogen (secondary N) is 1. The van der Waals surface area contributed by atoms with Crippen LogP contribution in [0.1, 0.15) is 12.5 Å². The van der Waals surface area contributed by atoms with Crippen LogP contribution >= 0.6 is 0 Å². The molecule has 1 amide bonds. The number of hydrogen-bond donors (Lipinski definition) is 1. The highest BCUT2D eigenvalue weighted by Gasteiger charge is 2.43. The molecule has 16 heavy (non-hydrogen) atoms. The van der Waals surface area contributed by atoms with Crippen LogP contribution in [-0.4, -0.2) is 17.6 Å². The number of rotatable bonds is 4. The average molecular weight is 227 g/mol. The minimum atomic E-state index is -3.95. The van der Waals surface area contributed by atoms with E-state index in [4.69, 9.17) is 0 Å². The van der Waals surface area contributed by atoms with Gasteiger partial charge in [0.1, 0.15) is 0 Å². The van der Waals surface area contributed by atoms with Crippen LogP contribution in [0.15, 0.2) is 30.3 Å².